The molecular weight excluding hydrogens is 468 g/mol. The van der Waals surface area contributed by atoms with Crippen molar-refractivity contribution in [1.29, 1.82) is 0 Å². The first-order valence-electron chi connectivity index (χ1n) is 11.9. The third kappa shape index (κ3) is 5.50. The van der Waals surface area contributed by atoms with Crippen molar-refractivity contribution in [2.45, 2.75) is 37.2 Å². The molecule has 0 saturated carbocycles. The van der Waals surface area contributed by atoms with E-state index in [1.807, 2.05) is 19.0 Å². The van der Waals surface area contributed by atoms with Crippen molar-refractivity contribution in [3.05, 3.63) is 48.0 Å². The van der Waals surface area contributed by atoms with Gasteiger partial charge in [0.25, 0.3) is 11.8 Å². The van der Waals surface area contributed by atoms with Crippen LogP contribution in [0.15, 0.2) is 47.4 Å². The number of piperidine rings is 1. The lowest BCUT2D eigenvalue weighted by Gasteiger charge is -2.34. The average Bonchev–Trinajstić information content (AvgIpc) is 2.85. The maximum Gasteiger partial charge on any atom is 0.267 e. The molecule has 0 aromatic heterocycles. The van der Waals surface area contributed by atoms with E-state index in [1.54, 1.807) is 30.0 Å². The monoisotopic (exact) mass is 500 g/mol. The Balaban J connectivity index is 1.50. The van der Waals surface area contributed by atoms with Gasteiger partial charge in [0.15, 0.2) is 6.10 Å². The van der Waals surface area contributed by atoms with E-state index in [4.69, 9.17) is 4.74 Å². The summed E-state index contributed by atoms with van der Waals surface area (Å²) >= 11 is 0. The zero-order chi connectivity index (χ0) is 25.2. The van der Waals surface area contributed by atoms with E-state index in [1.165, 1.54) is 28.6 Å². The number of likely N-dealkylation sites (N-methyl/N-ethyl adjacent to an activating group) is 1. The molecule has 0 bridgehead atoms. The van der Waals surface area contributed by atoms with Crippen LogP contribution in [0.2, 0.25) is 0 Å². The van der Waals surface area contributed by atoms with Crippen LogP contribution in [0, 0.1) is 0 Å². The van der Waals surface area contributed by atoms with Gasteiger partial charge >= 0.3 is 0 Å². The van der Waals surface area contributed by atoms with Crippen LogP contribution in [0.3, 0.4) is 0 Å². The average molecular weight is 501 g/mol. The van der Waals surface area contributed by atoms with Gasteiger partial charge in [0, 0.05) is 37.4 Å². The lowest BCUT2D eigenvalue weighted by Crippen LogP contribution is -2.46. The molecule has 0 spiro atoms. The number of sulfonamides is 1. The van der Waals surface area contributed by atoms with Crippen molar-refractivity contribution in [3.63, 3.8) is 0 Å². The molecule has 2 aromatic carbocycles. The van der Waals surface area contributed by atoms with Crippen molar-refractivity contribution in [2.75, 3.05) is 50.5 Å². The lowest BCUT2D eigenvalue weighted by molar-refractivity contribution is -0.125. The van der Waals surface area contributed by atoms with E-state index >= 15 is 0 Å². The Hall–Kier alpha value is -2.95. The highest BCUT2D eigenvalue weighted by Crippen LogP contribution is 2.36. The maximum absolute atomic E-state index is 12.9. The van der Waals surface area contributed by atoms with Gasteiger partial charge in [-0.1, -0.05) is 6.42 Å². The molecule has 9 nitrogen and oxygen atoms in total. The van der Waals surface area contributed by atoms with E-state index in [0.717, 1.165) is 19.3 Å². The van der Waals surface area contributed by atoms with Gasteiger partial charge in [-0.2, -0.15) is 4.31 Å². The second kappa shape index (κ2) is 10.3. The summed E-state index contributed by atoms with van der Waals surface area (Å²) in [6, 6.07) is 11.2. The van der Waals surface area contributed by atoms with Gasteiger partial charge in [-0.3, -0.25) is 9.59 Å². The minimum absolute atomic E-state index is 0.131. The first-order chi connectivity index (χ1) is 16.7. The second-order valence-electron chi connectivity index (χ2n) is 9.18. The van der Waals surface area contributed by atoms with Crippen LogP contribution < -0.4 is 15.0 Å². The van der Waals surface area contributed by atoms with Gasteiger partial charge in [0.1, 0.15) is 5.75 Å². The molecular formula is C25H32N4O5S. The third-order valence-electron chi connectivity index (χ3n) is 6.27. The van der Waals surface area contributed by atoms with Gasteiger partial charge in [-0.15, -0.1) is 0 Å². The highest BCUT2D eigenvalue weighted by atomic mass is 32.2. The van der Waals surface area contributed by atoms with Gasteiger partial charge in [0.2, 0.25) is 10.0 Å². The van der Waals surface area contributed by atoms with Crippen LogP contribution in [-0.2, 0) is 14.8 Å². The Kier molecular flexibility index (Phi) is 7.44. The summed E-state index contributed by atoms with van der Waals surface area (Å²) in [5.74, 6) is 0.0811. The minimum atomic E-state index is -3.55. The SMILES string of the molecule is CC1Oc2ccc(NC(=O)c3ccc(S(=O)(=O)N4CCCCC4)cc3)cc2N(CCN(C)C)C1=O. The fourth-order valence-electron chi connectivity index (χ4n) is 4.25. The van der Waals surface area contributed by atoms with Crippen molar-refractivity contribution >= 4 is 33.2 Å². The highest BCUT2D eigenvalue weighted by Gasteiger charge is 2.32. The largest absolute Gasteiger partial charge is 0.479 e. The molecule has 2 aliphatic rings. The van der Waals surface area contributed by atoms with E-state index in [-0.39, 0.29) is 16.7 Å². The minimum Gasteiger partial charge on any atom is -0.479 e. The topological polar surface area (TPSA) is 99.3 Å². The normalized spacial score (nSPS) is 18.8. The van der Waals surface area contributed by atoms with Crippen molar-refractivity contribution in [2.24, 2.45) is 0 Å². The number of rotatable bonds is 7. The summed E-state index contributed by atoms with van der Waals surface area (Å²) in [6.07, 6.45) is 2.19. The van der Waals surface area contributed by atoms with E-state index in [9.17, 15) is 18.0 Å². The van der Waals surface area contributed by atoms with Gasteiger partial charge in [0.05, 0.1) is 10.6 Å². The molecule has 2 aliphatic heterocycles. The quantitative estimate of drug-likeness (QED) is 0.628. The Morgan fingerprint density at radius 3 is 2.43 bits per heavy atom. The predicted octanol–water partition coefficient (Wildman–Crippen LogP) is 2.79. The fourth-order valence-corrected chi connectivity index (χ4v) is 5.77. The molecule has 2 amide bonds. The van der Waals surface area contributed by atoms with Gasteiger partial charge in [-0.05, 0) is 76.3 Å². The molecule has 4 rings (SSSR count). The van der Waals surface area contributed by atoms with E-state index in [0.29, 0.717) is 48.9 Å². The Labute approximate surface area is 206 Å². The van der Waals surface area contributed by atoms with Crippen LogP contribution >= 0.6 is 0 Å². The van der Waals surface area contributed by atoms with Crippen molar-refractivity contribution < 1.29 is 22.7 Å². The number of carbonyl (C=O) groups is 2. The standard InChI is InChI=1S/C25H32N4O5S/c1-18-25(31)29(16-15-27(2)3)22-17-20(9-12-23(22)34-18)26-24(30)19-7-10-21(11-8-19)35(32,33)28-13-5-4-6-14-28/h7-12,17-18H,4-6,13-16H2,1-3H3,(H,26,30). The predicted molar refractivity (Wildman–Crippen MR) is 134 cm³/mol. The number of hydrogen-bond donors (Lipinski definition) is 1. The summed E-state index contributed by atoms with van der Waals surface area (Å²) in [6.45, 7) is 3.95. The summed E-state index contributed by atoms with van der Waals surface area (Å²) < 4.78 is 32.9. The first-order valence-corrected chi connectivity index (χ1v) is 13.3. The summed E-state index contributed by atoms with van der Waals surface area (Å²) in [5, 5.41) is 2.84. The summed E-state index contributed by atoms with van der Waals surface area (Å²) in [4.78, 5) is 29.5. The third-order valence-corrected chi connectivity index (χ3v) is 8.18. The summed E-state index contributed by atoms with van der Waals surface area (Å²) in [7, 11) is 0.324. The number of ether oxygens (including phenoxy) is 1. The molecule has 0 radical (unpaired) electrons. The molecule has 1 saturated heterocycles. The Bertz CT molecular complexity index is 1190. The Morgan fingerprint density at radius 2 is 1.77 bits per heavy atom. The van der Waals surface area contributed by atoms with E-state index in [2.05, 4.69) is 5.32 Å². The number of hydrogen-bond acceptors (Lipinski definition) is 6. The molecule has 188 valence electrons. The molecule has 35 heavy (non-hydrogen) atoms. The van der Waals surface area contributed by atoms with Crippen LogP contribution in [0.1, 0.15) is 36.5 Å². The molecule has 0 aliphatic carbocycles. The number of nitrogens with zero attached hydrogens (tertiary/aromatic N) is 3. The number of carbonyl (C=O) groups excluding carboxylic acids is 2. The second-order valence-corrected chi connectivity index (χ2v) is 11.1. The van der Waals surface area contributed by atoms with Crippen molar-refractivity contribution in [1.82, 2.24) is 9.21 Å². The fraction of sp³-hybridized carbons (Fsp3) is 0.440. The number of fused-ring (bicyclic) bond motifs is 1. The number of anilines is 2. The molecule has 2 heterocycles. The zero-order valence-corrected chi connectivity index (χ0v) is 21.2. The summed E-state index contributed by atoms with van der Waals surface area (Å²) in [5.41, 5.74) is 1.46. The molecule has 1 fully saturated rings. The number of amides is 2. The molecule has 1 atom stereocenters. The number of benzene rings is 2. The Morgan fingerprint density at radius 1 is 1.09 bits per heavy atom. The smallest absolute Gasteiger partial charge is 0.267 e. The number of nitrogens with one attached hydrogen (secondary N) is 1. The van der Waals surface area contributed by atoms with Crippen LogP contribution in [0.4, 0.5) is 11.4 Å². The maximum atomic E-state index is 12.9. The molecule has 1 N–H and O–H groups in total. The van der Waals surface area contributed by atoms with Gasteiger partial charge in [-0.25, -0.2) is 8.42 Å². The molecule has 1 unspecified atom stereocenters. The van der Waals surface area contributed by atoms with Crippen LogP contribution in [0.5, 0.6) is 5.75 Å². The van der Waals surface area contributed by atoms with E-state index < -0.39 is 16.1 Å². The highest BCUT2D eigenvalue weighted by molar-refractivity contribution is 7.89. The van der Waals surface area contributed by atoms with Crippen LogP contribution in [-0.4, -0.2) is 75.8 Å². The molecule has 10 heteroatoms. The first kappa shape index (κ1) is 25.2. The van der Waals surface area contributed by atoms with Gasteiger partial charge < -0.3 is 19.9 Å². The molecule has 2 aromatic rings. The van der Waals surface area contributed by atoms with Crippen molar-refractivity contribution in [3.8, 4) is 5.75 Å². The lowest BCUT2D eigenvalue weighted by atomic mass is 10.1. The van der Waals surface area contributed by atoms with Crippen LogP contribution in [0.25, 0.3) is 0 Å². The zero-order valence-electron chi connectivity index (χ0n) is 20.4.